The van der Waals surface area contributed by atoms with Gasteiger partial charge in [-0.1, -0.05) is 0 Å². The third kappa shape index (κ3) is 8.87. The number of nitrogens with two attached hydrogens (primary N) is 2. The van der Waals surface area contributed by atoms with Crippen LogP contribution in [0.3, 0.4) is 0 Å². The lowest BCUT2D eigenvalue weighted by atomic mass is 10.2. The number of thioether (sulfide) groups is 1. The molecule has 0 aliphatic rings. The van der Waals surface area contributed by atoms with E-state index in [1.54, 1.807) is 0 Å². The Kier molecular flexibility index (Phi) is 9.13. The van der Waals surface area contributed by atoms with Crippen LogP contribution in [0.15, 0.2) is 0 Å². The van der Waals surface area contributed by atoms with Crippen LogP contribution in [-0.4, -0.2) is 59.4 Å². The third-order valence-corrected chi connectivity index (χ3v) is 3.07. The summed E-state index contributed by atoms with van der Waals surface area (Å²) in [5.74, 6) is -2.66. The fraction of sp³-hybridized carbons (Fsp3) is 0.636. The van der Waals surface area contributed by atoms with E-state index in [2.05, 4.69) is 10.6 Å². The van der Waals surface area contributed by atoms with E-state index in [0.29, 0.717) is 5.75 Å². The van der Waals surface area contributed by atoms with Gasteiger partial charge in [0.2, 0.25) is 17.7 Å². The number of carboxylic acid groups (broad SMARTS) is 1. The van der Waals surface area contributed by atoms with Gasteiger partial charge < -0.3 is 27.2 Å². The van der Waals surface area contributed by atoms with E-state index in [4.69, 9.17) is 16.6 Å². The molecule has 2 unspecified atom stereocenters. The molecule has 7 N–H and O–H groups in total. The molecule has 0 spiro atoms. The predicted molar refractivity (Wildman–Crippen MR) is 77.4 cm³/mol. The fourth-order valence-electron chi connectivity index (χ4n) is 1.35. The maximum atomic E-state index is 11.5. The van der Waals surface area contributed by atoms with Gasteiger partial charge in [-0.3, -0.25) is 14.4 Å². The summed E-state index contributed by atoms with van der Waals surface area (Å²) in [5.41, 5.74) is 10.3. The largest absolute Gasteiger partial charge is 0.480 e. The Bertz CT molecular complexity index is 404. The monoisotopic (exact) mass is 320 g/mol. The highest BCUT2D eigenvalue weighted by Crippen LogP contribution is 2.00. The lowest BCUT2D eigenvalue weighted by molar-refractivity contribution is -0.141. The molecule has 0 aliphatic carbocycles. The molecule has 0 aromatic rings. The van der Waals surface area contributed by atoms with Gasteiger partial charge in [0, 0.05) is 0 Å². The predicted octanol–water partition coefficient (Wildman–Crippen LogP) is -2.37. The minimum atomic E-state index is -1.14. The van der Waals surface area contributed by atoms with E-state index in [1.807, 2.05) is 6.26 Å². The smallest absolute Gasteiger partial charge is 0.326 e. The van der Waals surface area contributed by atoms with Crippen LogP contribution in [0.2, 0.25) is 0 Å². The average Bonchev–Trinajstić information content (AvgIpc) is 2.39. The topological polar surface area (TPSA) is 165 Å². The van der Waals surface area contributed by atoms with Crippen molar-refractivity contribution in [1.82, 2.24) is 10.6 Å². The van der Waals surface area contributed by atoms with Crippen molar-refractivity contribution in [1.29, 1.82) is 0 Å². The standard InChI is InChI=1S/C11H20N4O5S/c1-21-3-2-7(11(19)20)15-9(17)5-14-10(18)6(12)4-8(13)16/h6-7H,2-5,12H2,1H3,(H2,13,16)(H,14,18)(H,15,17)(H,19,20). The van der Waals surface area contributed by atoms with E-state index >= 15 is 0 Å². The van der Waals surface area contributed by atoms with Gasteiger partial charge in [0.15, 0.2) is 0 Å². The summed E-state index contributed by atoms with van der Waals surface area (Å²) in [4.78, 5) is 44.5. The molecule has 21 heavy (non-hydrogen) atoms. The number of carbonyl (C=O) groups is 4. The Labute approximate surface area is 126 Å². The van der Waals surface area contributed by atoms with Crippen LogP contribution in [-0.2, 0) is 19.2 Å². The number of amides is 3. The first-order chi connectivity index (χ1) is 9.77. The zero-order chi connectivity index (χ0) is 16.4. The number of primary amides is 1. The maximum Gasteiger partial charge on any atom is 0.326 e. The van der Waals surface area contributed by atoms with Crippen LogP contribution in [0.25, 0.3) is 0 Å². The average molecular weight is 320 g/mol. The summed E-state index contributed by atoms with van der Waals surface area (Å²) in [6.45, 7) is -0.422. The van der Waals surface area contributed by atoms with E-state index in [0.717, 1.165) is 0 Å². The first-order valence-electron chi connectivity index (χ1n) is 6.10. The molecule has 0 aliphatic heterocycles. The Morgan fingerprint density at radius 2 is 1.90 bits per heavy atom. The van der Waals surface area contributed by atoms with Crippen LogP contribution < -0.4 is 22.1 Å². The summed E-state index contributed by atoms with van der Waals surface area (Å²) < 4.78 is 0. The van der Waals surface area contributed by atoms with Crippen molar-refractivity contribution in [2.24, 2.45) is 11.5 Å². The van der Waals surface area contributed by atoms with Gasteiger partial charge in [-0.25, -0.2) is 4.79 Å². The Morgan fingerprint density at radius 3 is 2.38 bits per heavy atom. The Balaban J connectivity index is 4.20. The molecule has 9 nitrogen and oxygen atoms in total. The molecule has 0 rings (SSSR count). The number of rotatable bonds is 10. The minimum absolute atomic E-state index is 0.275. The summed E-state index contributed by atoms with van der Waals surface area (Å²) in [6.07, 6.45) is 1.76. The van der Waals surface area contributed by atoms with Crippen LogP contribution >= 0.6 is 11.8 Å². The number of hydrogen-bond acceptors (Lipinski definition) is 6. The van der Waals surface area contributed by atoms with Gasteiger partial charge in [0.05, 0.1) is 19.0 Å². The molecule has 0 saturated heterocycles. The molecule has 0 aromatic heterocycles. The number of hydrogen-bond donors (Lipinski definition) is 5. The van der Waals surface area contributed by atoms with Crippen molar-refractivity contribution < 1.29 is 24.3 Å². The summed E-state index contributed by atoms with van der Waals surface area (Å²) >= 11 is 1.46. The van der Waals surface area contributed by atoms with Crippen molar-refractivity contribution in [2.75, 3.05) is 18.6 Å². The molecule has 120 valence electrons. The van der Waals surface area contributed by atoms with Gasteiger partial charge in [-0.2, -0.15) is 11.8 Å². The van der Waals surface area contributed by atoms with E-state index in [9.17, 15) is 19.2 Å². The summed E-state index contributed by atoms with van der Waals surface area (Å²) in [5, 5.41) is 13.4. The minimum Gasteiger partial charge on any atom is -0.480 e. The second-order valence-electron chi connectivity index (χ2n) is 4.23. The Hall–Kier alpha value is -1.81. The molecule has 3 amide bonds. The number of carboxylic acids is 1. The van der Waals surface area contributed by atoms with Crippen molar-refractivity contribution in [3.8, 4) is 0 Å². The first kappa shape index (κ1) is 19.2. The molecule has 0 fully saturated rings. The lowest BCUT2D eigenvalue weighted by Crippen LogP contribution is -2.49. The zero-order valence-corrected chi connectivity index (χ0v) is 12.4. The first-order valence-corrected chi connectivity index (χ1v) is 7.50. The highest BCUT2D eigenvalue weighted by molar-refractivity contribution is 7.98. The summed E-state index contributed by atoms with van der Waals surface area (Å²) in [7, 11) is 0. The van der Waals surface area contributed by atoms with Crippen LogP contribution in [0.4, 0.5) is 0 Å². The van der Waals surface area contributed by atoms with Crippen molar-refractivity contribution in [3.63, 3.8) is 0 Å². The van der Waals surface area contributed by atoms with Crippen molar-refractivity contribution in [2.45, 2.75) is 24.9 Å². The van der Waals surface area contributed by atoms with Gasteiger partial charge in [0.1, 0.15) is 6.04 Å². The van der Waals surface area contributed by atoms with Crippen molar-refractivity contribution >= 4 is 35.5 Å². The second-order valence-corrected chi connectivity index (χ2v) is 5.22. The number of nitrogens with one attached hydrogen (secondary N) is 2. The molecule has 0 bridgehead atoms. The molecule has 0 saturated carbocycles. The summed E-state index contributed by atoms with van der Waals surface area (Å²) in [6, 6.07) is -2.15. The van der Waals surface area contributed by atoms with Gasteiger partial charge in [-0.15, -0.1) is 0 Å². The number of aliphatic carboxylic acids is 1. The van der Waals surface area contributed by atoms with Crippen molar-refractivity contribution in [3.05, 3.63) is 0 Å². The molecular weight excluding hydrogens is 300 g/mol. The second kappa shape index (κ2) is 10.00. The van der Waals surface area contributed by atoms with E-state index in [1.165, 1.54) is 11.8 Å². The third-order valence-electron chi connectivity index (χ3n) is 2.43. The van der Waals surface area contributed by atoms with Crippen LogP contribution in [0, 0.1) is 0 Å². The van der Waals surface area contributed by atoms with Gasteiger partial charge in [-0.05, 0) is 18.4 Å². The SMILES string of the molecule is CSCCC(NC(=O)CNC(=O)C(N)CC(N)=O)C(=O)O. The molecule has 10 heteroatoms. The lowest BCUT2D eigenvalue weighted by Gasteiger charge is -2.15. The number of carbonyl (C=O) groups excluding carboxylic acids is 3. The quantitative estimate of drug-likeness (QED) is 0.300. The normalized spacial score (nSPS) is 13.0. The van der Waals surface area contributed by atoms with Gasteiger partial charge >= 0.3 is 5.97 Å². The highest BCUT2D eigenvalue weighted by Gasteiger charge is 2.21. The van der Waals surface area contributed by atoms with E-state index in [-0.39, 0.29) is 12.8 Å². The Morgan fingerprint density at radius 1 is 1.29 bits per heavy atom. The van der Waals surface area contributed by atoms with E-state index < -0.39 is 42.3 Å². The van der Waals surface area contributed by atoms with Crippen LogP contribution in [0.5, 0.6) is 0 Å². The van der Waals surface area contributed by atoms with Crippen LogP contribution in [0.1, 0.15) is 12.8 Å². The molecule has 0 aromatic carbocycles. The fourth-order valence-corrected chi connectivity index (χ4v) is 1.82. The van der Waals surface area contributed by atoms with Gasteiger partial charge in [0.25, 0.3) is 0 Å². The molecule has 2 atom stereocenters. The molecular formula is C11H20N4O5S. The molecule has 0 radical (unpaired) electrons. The molecule has 0 heterocycles. The highest BCUT2D eigenvalue weighted by atomic mass is 32.2. The maximum absolute atomic E-state index is 11.5. The zero-order valence-electron chi connectivity index (χ0n) is 11.6.